The highest BCUT2D eigenvalue weighted by molar-refractivity contribution is 6.14. The molecule has 0 atom stereocenters. The summed E-state index contributed by atoms with van der Waals surface area (Å²) in [5.74, 6) is 0. The molecule has 2 nitrogen and oxygen atoms in total. The number of rotatable bonds is 4. The van der Waals surface area contributed by atoms with Crippen LogP contribution in [0, 0.1) is 0 Å². The van der Waals surface area contributed by atoms with Crippen molar-refractivity contribution in [2.75, 3.05) is 0 Å². The number of benzene rings is 8. The second-order valence-electron chi connectivity index (χ2n) is 12.3. The van der Waals surface area contributed by atoms with E-state index < -0.39 is 0 Å². The number of hydrogen-bond donors (Lipinski definition) is 0. The topological polar surface area (TPSA) is 9.86 Å². The predicted molar refractivity (Wildman–Crippen MR) is 204 cm³/mol. The highest BCUT2D eigenvalue weighted by Crippen LogP contribution is 2.35. The Morgan fingerprint density at radius 1 is 0.271 bits per heavy atom. The van der Waals surface area contributed by atoms with Crippen LogP contribution in [0.1, 0.15) is 0 Å². The molecule has 0 aliphatic rings. The molecule has 1 heterocycles. The Hall–Kier alpha value is -6.38. The van der Waals surface area contributed by atoms with E-state index in [9.17, 15) is 0 Å². The van der Waals surface area contributed by atoms with E-state index >= 15 is 0 Å². The third-order valence-corrected chi connectivity index (χ3v) is 9.33. The van der Waals surface area contributed by atoms with E-state index in [2.05, 4.69) is 203 Å². The first-order chi connectivity index (χ1) is 23.8. The second-order valence-corrected chi connectivity index (χ2v) is 12.3. The maximum atomic E-state index is 2.41. The fourth-order valence-corrected chi connectivity index (χ4v) is 7.06. The SMILES string of the molecule is c1ccc(-c2ccc(-n3c4cccc(c4)n(-c4ccccc4)c4ccc5cc(-c6ccccc6)cc(c5c4)c4ccccc43)cc2)cc1. The lowest BCUT2D eigenvalue weighted by atomic mass is 9.96. The lowest BCUT2D eigenvalue weighted by molar-refractivity contribution is 1.14. The van der Waals surface area contributed by atoms with Gasteiger partial charge >= 0.3 is 0 Å². The smallest absolute Gasteiger partial charge is 0.0540 e. The summed E-state index contributed by atoms with van der Waals surface area (Å²) < 4.78 is 4.77. The highest BCUT2D eigenvalue weighted by atomic mass is 15.0. The van der Waals surface area contributed by atoms with E-state index in [-0.39, 0.29) is 0 Å². The summed E-state index contributed by atoms with van der Waals surface area (Å²) in [5, 5.41) is 4.82. The van der Waals surface area contributed by atoms with Gasteiger partial charge in [-0.1, -0.05) is 121 Å². The molecular weight excluding hydrogens is 581 g/mol. The summed E-state index contributed by atoms with van der Waals surface area (Å²) in [6, 6.07) is 70.3. The summed E-state index contributed by atoms with van der Waals surface area (Å²) in [5.41, 5.74) is 11.5. The van der Waals surface area contributed by atoms with Crippen LogP contribution in [-0.2, 0) is 0 Å². The van der Waals surface area contributed by atoms with Gasteiger partial charge in [0.1, 0.15) is 0 Å². The van der Waals surface area contributed by atoms with Crippen molar-refractivity contribution >= 4 is 43.6 Å². The van der Waals surface area contributed by atoms with E-state index in [1.807, 2.05) is 0 Å². The largest absolute Gasteiger partial charge is 0.310 e. The van der Waals surface area contributed by atoms with E-state index in [1.165, 1.54) is 43.8 Å². The second kappa shape index (κ2) is 11.8. The van der Waals surface area contributed by atoms with Gasteiger partial charge in [-0.15, -0.1) is 0 Å². The monoisotopic (exact) mass is 612 g/mol. The lowest BCUT2D eigenvalue weighted by Gasteiger charge is -2.15. The first kappa shape index (κ1) is 27.9. The van der Waals surface area contributed by atoms with Crippen LogP contribution in [0.25, 0.3) is 77.2 Å². The van der Waals surface area contributed by atoms with Gasteiger partial charge < -0.3 is 9.13 Å². The lowest BCUT2D eigenvalue weighted by Crippen LogP contribution is -1.99. The number of aromatic nitrogens is 2. The van der Waals surface area contributed by atoms with Gasteiger partial charge in [-0.25, -0.2) is 0 Å². The van der Waals surface area contributed by atoms with Crippen LogP contribution < -0.4 is 0 Å². The molecule has 9 aromatic rings. The zero-order valence-corrected chi connectivity index (χ0v) is 26.4. The minimum Gasteiger partial charge on any atom is -0.310 e. The molecular formula is C46H32N2. The molecule has 226 valence electrons. The summed E-state index contributed by atoms with van der Waals surface area (Å²) in [4.78, 5) is 0. The molecule has 0 saturated heterocycles. The molecule has 48 heavy (non-hydrogen) atoms. The Kier molecular flexibility index (Phi) is 6.84. The fourth-order valence-electron chi connectivity index (χ4n) is 7.06. The molecule has 0 unspecified atom stereocenters. The van der Waals surface area contributed by atoms with Gasteiger partial charge in [0.15, 0.2) is 0 Å². The molecule has 2 heteroatoms. The minimum atomic E-state index is 1.10. The third-order valence-electron chi connectivity index (χ3n) is 9.33. The molecule has 1 aromatic heterocycles. The minimum absolute atomic E-state index is 1.10. The summed E-state index contributed by atoms with van der Waals surface area (Å²) in [6.07, 6.45) is 0. The van der Waals surface area contributed by atoms with Gasteiger partial charge in [-0.05, 0) is 111 Å². The zero-order valence-electron chi connectivity index (χ0n) is 26.4. The van der Waals surface area contributed by atoms with Crippen molar-refractivity contribution in [3.05, 3.63) is 194 Å². The van der Waals surface area contributed by atoms with Crippen molar-refractivity contribution in [1.29, 1.82) is 0 Å². The number of fused-ring (bicyclic) bond motifs is 5. The Bertz CT molecular complexity index is 2630. The highest BCUT2D eigenvalue weighted by Gasteiger charge is 2.12. The standard InChI is InChI=1S/C46H32N2/c1-4-13-33(14-5-1)35-23-26-39(27-24-35)48-41-20-12-19-40(31-41)47(38-17-8-3-9-18-38)42-28-25-36-29-37(34-15-6-2-7-16-34)30-45(44(36)32-42)43-21-10-11-22-46(43)48/h1-32H. The number of hydrogen-bond acceptors (Lipinski definition) is 0. The first-order valence-electron chi connectivity index (χ1n) is 16.4. The summed E-state index contributed by atoms with van der Waals surface area (Å²) in [6.45, 7) is 0. The molecule has 8 aromatic carbocycles. The normalized spacial score (nSPS) is 11.3. The Labute approximate surface area is 279 Å². The average Bonchev–Trinajstić information content (AvgIpc) is 3.17. The van der Waals surface area contributed by atoms with E-state index in [1.54, 1.807) is 0 Å². The Balaban J connectivity index is 1.48. The molecule has 0 N–H and O–H groups in total. The van der Waals surface area contributed by atoms with Crippen LogP contribution in [0.3, 0.4) is 0 Å². The van der Waals surface area contributed by atoms with E-state index in [0.717, 1.165) is 33.4 Å². The van der Waals surface area contributed by atoms with Crippen LogP contribution >= 0.6 is 0 Å². The molecule has 0 aliphatic carbocycles. The number of nitrogens with zero attached hydrogens (tertiary/aromatic N) is 2. The molecule has 0 aliphatic heterocycles. The molecule has 0 spiro atoms. The maximum Gasteiger partial charge on any atom is 0.0540 e. The van der Waals surface area contributed by atoms with Crippen molar-refractivity contribution < 1.29 is 0 Å². The van der Waals surface area contributed by atoms with Crippen molar-refractivity contribution in [2.45, 2.75) is 0 Å². The molecule has 9 rings (SSSR count). The van der Waals surface area contributed by atoms with E-state index in [4.69, 9.17) is 0 Å². The molecule has 0 radical (unpaired) electrons. The summed E-state index contributed by atoms with van der Waals surface area (Å²) in [7, 11) is 0. The van der Waals surface area contributed by atoms with Crippen molar-refractivity contribution in [3.8, 4) is 33.6 Å². The van der Waals surface area contributed by atoms with Gasteiger partial charge in [-0.3, -0.25) is 0 Å². The first-order valence-corrected chi connectivity index (χ1v) is 16.4. The molecule has 0 saturated carbocycles. The maximum absolute atomic E-state index is 2.41. The van der Waals surface area contributed by atoms with Crippen LogP contribution in [0.5, 0.6) is 0 Å². The van der Waals surface area contributed by atoms with Crippen LogP contribution in [0.15, 0.2) is 194 Å². The number of para-hydroxylation sites is 2. The summed E-state index contributed by atoms with van der Waals surface area (Å²) >= 11 is 0. The molecule has 0 amide bonds. The fraction of sp³-hybridized carbons (Fsp3) is 0. The van der Waals surface area contributed by atoms with Crippen molar-refractivity contribution in [3.63, 3.8) is 0 Å². The van der Waals surface area contributed by atoms with Gasteiger partial charge in [-0.2, -0.15) is 0 Å². The van der Waals surface area contributed by atoms with Crippen LogP contribution in [0.4, 0.5) is 0 Å². The van der Waals surface area contributed by atoms with Gasteiger partial charge in [0, 0.05) is 33.3 Å². The van der Waals surface area contributed by atoms with Gasteiger partial charge in [0.05, 0.1) is 5.52 Å². The van der Waals surface area contributed by atoms with Crippen molar-refractivity contribution in [2.24, 2.45) is 0 Å². The zero-order chi connectivity index (χ0) is 31.9. The van der Waals surface area contributed by atoms with Gasteiger partial charge in [0.2, 0.25) is 0 Å². The van der Waals surface area contributed by atoms with Gasteiger partial charge in [0.25, 0.3) is 0 Å². The van der Waals surface area contributed by atoms with Crippen LogP contribution in [0.2, 0.25) is 0 Å². The van der Waals surface area contributed by atoms with E-state index in [0.29, 0.717) is 0 Å². The molecule has 0 fully saturated rings. The third kappa shape index (κ3) is 4.92. The Morgan fingerprint density at radius 2 is 0.833 bits per heavy atom. The van der Waals surface area contributed by atoms with Crippen molar-refractivity contribution in [1.82, 2.24) is 9.13 Å². The average molecular weight is 613 g/mol. The quantitative estimate of drug-likeness (QED) is 0.187. The molecule has 4 bridgehead atoms. The van der Waals surface area contributed by atoms with Crippen LogP contribution in [-0.4, -0.2) is 9.13 Å². The predicted octanol–water partition coefficient (Wildman–Crippen LogP) is 12.3. The Morgan fingerprint density at radius 3 is 1.56 bits per heavy atom.